The molecule has 0 radical (unpaired) electrons. The average molecular weight is 204 g/mol. The lowest BCUT2D eigenvalue weighted by Gasteiger charge is -2.24. The molecule has 0 amide bonds. The van der Waals surface area contributed by atoms with E-state index in [9.17, 15) is 5.11 Å². The molecule has 1 saturated carbocycles. The Morgan fingerprint density at radius 2 is 2.13 bits per heavy atom. The molecule has 82 valence electrons. The van der Waals surface area contributed by atoms with E-state index in [4.69, 9.17) is 0 Å². The minimum atomic E-state index is -0.607. The van der Waals surface area contributed by atoms with Gasteiger partial charge in [0.05, 0.1) is 5.60 Å². The molecule has 0 bridgehead atoms. The zero-order valence-electron chi connectivity index (χ0n) is 9.66. The molecule has 0 aliphatic heterocycles. The molecule has 0 spiro atoms. The molecule has 1 aromatic rings. The quantitative estimate of drug-likeness (QED) is 0.798. The van der Waals surface area contributed by atoms with Gasteiger partial charge in [-0.05, 0) is 43.2 Å². The van der Waals surface area contributed by atoms with Crippen LogP contribution >= 0.6 is 0 Å². The molecule has 2 rings (SSSR count). The number of hydrogen-bond donors (Lipinski definition) is 1. The molecule has 1 heteroatoms. The molecule has 0 heterocycles. The summed E-state index contributed by atoms with van der Waals surface area (Å²) in [4.78, 5) is 0. The second-order valence-corrected chi connectivity index (χ2v) is 4.87. The molecular weight excluding hydrogens is 184 g/mol. The van der Waals surface area contributed by atoms with E-state index in [2.05, 4.69) is 31.2 Å². The van der Waals surface area contributed by atoms with Crippen molar-refractivity contribution in [2.75, 3.05) is 0 Å². The molecule has 0 saturated heterocycles. The number of aryl methyl sites for hydroxylation is 1. The Morgan fingerprint density at radius 3 is 2.73 bits per heavy atom. The second kappa shape index (κ2) is 3.97. The van der Waals surface area contributed by atoms with E-state index in [1.54, 1.807) is 0 Å². The van der Waals surface area contributed by atoms with Crippen LogP contribution in [0.5, 0.6) is 0 Å². The lowest BCUT2D eigenvalue weighted by Crippen LogP contribution is -2.23. The van der Waals surface area contributed by atoms with E-state index in [0.717, 1.165) is 18.4 Å². The molecule has 1 aromatic carbocycles. The Balaban J connectivity index is 2.23. The molecule has 0 aromatic heterocycles. The van der Waals surface area contributed by atoms with E-state index < -0.39 is 5.60 Å². The van der Waals surface area contributed by atoms with Crippen LogP contribution in [0.3, 0.4) is 0 Å². The van der Waals surface area contributed by atoms with Crippen molar-refractivity contribution in [1.82, 2.24) is 0 Å². The maximum atomic E-state index is 10.4. The first-order valence-corrected chi connectivity index (χ1v) is 5.96. The van der Waals surface area contributed by atoms with Crippen molar-refractivity contribution in [1.29, 1.82) is 0 Å². The summed E-state index contributed by atoms with van der Waals surface area (Å²) in [5.74, 6) is 0.481. The molecule has 1 unspecified atom stereocenters. The first kappa shape index (κ1) is 10.7. The van der Waals surface area contributed by atoms with Crippen molar-refractivity contribution < 1.29 is 5.11 Å². The summed E-state index contributed by atoms with van der Waals surface area (Å²) in [6.07, 6.45) is 4.61. The van der Waals surface area contributed by atoms with E-state index in [1.165, 1.54) is 18.4 Å². The van der Waals surface area contributed by atoms with E-state index >= 15 is 0 Å². The Labute approximate surface area is 92.1 Å². The lowest BCUT2D eigenvalue weighted by molar-refractivity contribution is 0.0330. The number of benzene rings is 1. The van der Waals surface area contributed by atoms with Gasteiger partial charge in [-0.25, -0.2) is 0 Å². The van der Waals surface area contributed by atoms with Crippen LogP contribution in [0.4, 0.5) is 0 Å². The minimum absolute atomic E-state index is 0.481. The van der Waals surface area contributed by atoms with Gasteiger partial charge >= 0.3 is 0 Å². The van der Waals surface area contributed by atoms with Crippen LogP contribution in [-0.4, -0.2) is 5.11 Å². The van der Waals surface area contributed by atoms with E-state index in [-0.39, 0.29) is 0 Å². The topological polar surface area (TPSA) is 20.2 Å². The maximum Gasteiger partial charge on any atom is 0.0896 e. The third kappa shape index (κ3) is 2.23. The fourth-order valence-electron chi connectivity index (χ4n) is 2.21. The highest BCUT2D eigenvalue weighted by Gasteiger charge is 2.41. The summed E-state index contributed by atoms with van der Waals surface area (Å²) < 4.78 is 0. The fraction of sp³-hybridized carbons (Fsp3) is 0.571. The first-order chi connectivity index (χ1) is 7.14. The second-order valence-electron chi connectivity index (χ2n) is 4.87. The maximum absolute atomic E-state index is 10.4. The molecule has 1 fully saturated rings. The van der Waals surface area contributed by atoms with Gasteiger partial charge in [0, 0.05) is 0 Å². The molecule has 15 heavy (non-hydrogen) atoms. The Hall–Kier alpha value is -0.820. The first-order valence-electron chi connectivity index (χ1n) is 5.96. The number of rotatable bonds is 4. The van der Waals surface area contributed by atoms with Gasteiger partial charge in [-0.15, -0.1) is 0 Å². The summed E-state index contributed by atoms with van der Waals surface area (Å²) in [5, 5.41) is 10.4. The highest BCUT2D eigenvalue weighted by molar-refractivity contribution is 5.29. The minimum Gasteiger partial charge on any atom is -0.385 e. The number of hydrogen-bond acceptors (Lipinski definition) is 1. The summed E-state index contributed by atoms with van der Waals surface area (Å²) in [6.45, 7) is 4.14. The van der Waals surface area contributed by atoms with Gasteiger partial charge in [0.15, 0.2) is 0 Å². The third-order valence-electron chi connectivity index (χ3n) is 3.42. The van der Waals surface area contributed by atoms with Crippen molar-refractivity contribution in [3.05, 3.63) is 35.4 Å². The molecule has 1 N–H and O–H groups in total. The van der Waals surface area contributed by atoms with Gasteiger partial charge in [-0.3, -0.25) is 0 Å². The van der Waals surface area contributed by atoms with Crippen LogP contribution in [-0.2, 0) is 12.0 Å². The smallest absolute Gasteiger partial charge is 0.0896 e. The fourth-order valence-corrected chi connectivity index (χ4v) is 2.21. The van der Waals surface area contributed by atoms with Crippen LogP contribution in [0.15, 0.2) is 24.3 Å². The van der Waals surface area contributed by atoms with Crippen molar-refractivity contribution >= 4 is 0 Å². The van der Waals surface area contributed by atoms with Crippen LogP contribution in [0.2, 0.25) is 0 Å². The largest absolute Gasteiger partial charge is 0.385 e. The highest BCUT2D eigenvalue weighted by Crippen LogP contribution is 2.45. The SMILES string of the molecule is CCCc1cccc(C(C)(O)C2CC2)c1. The Kier molecular flexibility index (Phi) is 2.83. The van der Waals surface area contributed by atoms with Crippen LogP contribution in [0.25, 0.3) is 0 Å². The zero-order valence-corrected chi connectivity index (χ0v) is 9.66. The van der Waals surface area contributed by atoms with Crippen LogP contribution < -0.4 is 0 Å². The van der Waals surface area contributed by atoms with Gasteiger partial charge in [0.2, 0.25) is 0 Å². The predicted octanol–water partition coefficient (Wildman–Crippen LogP) is 3.26. The lowest BCUT2D eigenvalue weighted by atomic mass is 9.89. The van der Waals surface area contributed by atoms with Gasteiger partial charge in [-0.2, -0.15) is 0 Å². The molecular formula is C14H20O. The summed E-state index contributed by atoms with van der Waals surface area (Å²) >= 11 is 0. The molecule has 1 aliphatic rings. The predicted molar refractivity (Wildman–Crippen MR) is 62.7 cm³/mol. The standard InChI is InChI=1S/C14H20O/c1-3-5-11-6-4-7-13(10-11)14(2,15)12-8-9-12/h4,6-7,10,12,15H,3,5,8-9H2,1-2H3. The zero-order chi connectivity index (χ0) is 10.9. The van der Waals surface area contributed by atoms with Crippen LogP contribution in [0.1, 0.15) is 44.2 Å². The molecule has 1 aliphatic carbocycles. The van der Waals surface area contributed by atoms with Gasteiger partial charge < -0.3 is 5.11 Å². The van der Waals surface area contributed by atoms with Gasteiger partial charge in [-0.1, -0.05) is 37.6 Å². The van der Waals surface area contributed by atoms with Crippen molar-refractivity contribution in [2.45, 2.75) is 45.1 Å². The van der Waals surface area contributed by atoms with Gasteiger partial charge in [0.1, 0.15) is 0 Å². The van der Waals surface area contributed by atoms with E-state index in [0.29, 0.717) is 5.92 Å². The van der Waals surface area contributed by atoms with Crippen molar-refractivity contribution in [3.63, 3.8) is 0 Å². The summed E-state index contributed by atoms with van der Waals surface area (Å²) in [7, 11) is 0. The Morgan fingerprint density at radius 1 is 1.40 bits per heavy atom. The monoisotopic (exact) mass is 204 g/mol. The summed E-state index contributed by atoms with van der Waals surface area (Å²) in [6, 6.07) is 8.44. The molecule has 1 atom stereocenters. The third-order valence-corrected chi connectivity index (χ3v) is 3.42. The highest BCUT2D eigenvalue weighted by atomic mass is 16.3. The van der Waals surface area contributed by atoms with Gasteiger partial charge in [0.25, 0.3) is 0 Å². The van der Waals surface area contributed by atoms with E-state index in [1.807, 2.05) is 6.92 Å². The summed E-state index contributed by atoms with van der Waals surface area (Å²) in [5.41, 5.74) is 1.83. The average Bonchev–Trinajstić information content (AvgIpc) is 3.02. The normalized spacial score (nSPS) is 19.9. The van der Waals surface area contributed by atoms with Crippen LogP contribution in [0, 0.1) is 5.92 Å². The Bertz CT molecular complexity index is 337. The van der Waals surface area contributed by atoms with Crippen molar-refractivity contribution in [3.8, 4) is 0 Å². The number of aliphatic hydroxyl groups is 1. The van der Waals surface area contributed by atoms with Crippen molar-refractivity contribution in [2.24, 2.45) is 5.92 Å². The molecule has 1 nitrogen and oxygen atoms in total.